The molecule has 1 atom stereocenters. The van der Waals surface area contributed by atoms with E-state index in [2.05, 4.69) is 47.6 Å². The third-order valence-corrected chi connectivity index (χ3v) is 4.49. The fourth-order valence-electron chi connectivity index (χ4n) is 2.95. The first-order valence-corrected chi connectivity index (χ1v) is 8.54. The molecule has 0 aromatic heterocycles. The highest BCUT2D eigenvalue weighted by atomic mass is 16.2. The molecule has 1 saturated heterocycles. The van der Waals surface area contributed by atoms with E-state index in [0.717, 1.165) is 39.0 Å². The fraction of sp³-hybridized carbons (Fsp3) is 0.611. The van der Waals surface area contributed by atoms with E-state index in [1.165, 1.54) is 17.5 Å². The van der Waals surface area contributed by atoms with E-state index < -0.39 is 0 Å². The van der Waals surface area contributed by atoms with Crippen LogP contribution in [-0.2, 0) is 17.9 Å². The Labute approximate surface area is 134 Å². The van der Waals surface area contributed by atoms with E-state index in [4.69, 9.17) is 0 Å². The standard InChI is InChI=1S/C18H29N3O/c1-3-21(4-2)14-16-10-6-5-9-15(16)13-20-18(22)17-11-7-8-12-19-17/h5-6,9-10,17,19H,3-4,7-8,11-14H2,1-2H3,(H,20,22)/t17-/m0/s1. The summed E-state index contributed by atoms with van der Waals surface area (Å²) < 4.78 is 0. The second-order valence-electron chi connectivity index (χ2n) is 5.95. The molecule has 1 aromatic rings. The molecule has 122 valence electrons. The summed E-state index contributed by atoms with van der Waals surface area (Å²) in [5.74, 6) is 0.136. The van der Waals surface area contributed by atoms with E-state index in [0.29, 0.717) is 6.54 Å². The van der Waals surface area contributed by atoms with Crippen LogP contribution in [0.3, 0.4) is 0 Å². The minimum atomic E-state index is -0.0105. The quantitative estimate of drug-likeness (QED) is 0.812. The Balaban J connectivity index is 1.93. The average Bonchev–Trinajstić information content (AvgIpc) is 2.59. The van der Waals surface area contributed by atoms with Gasteiger partial charge in [0.05, 0.1) is 6.04 Å². The van der Waals surface area contributed by atoms with Crippen LogP contribution in [-0.4, -0.2) is 36.5 Å². The van der Waals surface area contributed by atoms with E-state index in [9.17, 15) is 4.79 Å². The highest BCUT2D eigenvalue weighted by Crippen LogP contribution is 2.12. The summed E-state index contributed by atoms with van der Waals surface area (Å²) in [5.41, 5.74) is 2.53. The Morgan fingerprint density at radius 1 is 1.23 bits per heavy atom. The Morgan fingerprint density at radius 3 is 2.59 bits per heavy atom. The number of benzene rings is 1. The van der Waals surface area contributed by atoms with Crippen LogP contribution in [0.2, 0.25) is 0 Å². The lowest BCUT2D eigenvalue weighted by Gasteiger charge is -2.23. The predicted molar refractivity (Wildman–Crippen MR) is 90.6 cm³/mol. The lowest BCUT2D eigenvalue weighted by molar-refractivity contribution is -0.123. The summed E-state index contributed by atoms with van der Waals surface area (Å²) in [5, 5.41) is 6.40. The second kappa shape index (κ2) is 8.91. The molecule has 1 aliphatic heterocycles. The van der Waals surface area contributed by atoms with Crippen molar-refractivity contribution in [1.29, 1.82) is 0 Å². The molecule has 2 N–H and O–H groups in total. The SMILES string of the molecule is CCN(CC)Cc1ccccc1CNC(=O)[C@@H]1CCCCN1. The minimum absolute atomic E-state index is 0.0105. The topological polar surface area (TPSA) is 44.4 Å². The maximum atomic E-state index is 12.2. The van der Waals surface area contributed by atoms with Crippen molar-refractivity contribution in [3.63, 3.8) is 0 Å². The lowest BCUT2D eigenvalue weighted by Crippen LogP contribution is -2.46. The molecule has 22 heavy (non-hydrogen) atoms. The highest BCUT2D eigenvalue weighted by molar-refractivity contribution is 5.81. The Kier molecular flexibility index (Phi) is 6.87. The van der Waals surface area contributed by atoms with Gasteiger partial charge in [-0.15, -0.1) is 0 Å². The third-order valence-electron chi connectivity index (χ3n) is 4.49. The van der Waals surface area contributed by atoms with Crippen molar-refractivity contribution in [2.45, 2.75) is 52.2 Å². The van der Waals surface area contributed by atoms with E-state index in [1.807, 2.05) is 6.07 Å². The van der Waals surface area contributed by atoms with Crippen LogP contribution in [0.25, 0.3) is 0 Å². The van der Waals surface area contributed by atoms with E-state index in [1.54, 1.807) is 0 Å². The van der Waals surface area contributed by atoms with Crippen molar-refractivity contribution in [2.24, 2.45) is 0 Å². The number of piperidine rings is 1. The maximum Gasteiger partial charge on any atom is 0.237 e. The van der Waals surface area contributed by atoms with Gasteiger partial charge in [0.1, 0.15) is 0 Å². The summed E-state index contributed by atoms with van der Waals surface area (Å²) >= 11 is 0. The number of rotatable bonds is 7. The lowest BCUT2D eigenvalue weighted by atomic mass is 10.0. The number of nitrogens with zero attached hydrogens (tertiary/aromatic N) is 1. The van der Waals surface area contributed by atoms with Gasteiger partial charge in [-0.05, 0) is 43.6 Å². The average molecular weight is 303 g/mol. The van der Waals surface area contributed by atoms with Crippen molar-refractivity contribution in [3.05, 3.63) is 35.4 Å². The van der Waals surface area contributed by atoms with Gasteiger partial charge in [-0.1, -0.05) is 44.5 Å². The molecule has 0 aliphatic carbocycles. The monoisotopic (exact) mass is 303 g/mol. The van der Waals surface area contributed by atoms with Crippen molar-refractivity contribution in [3.8, 4) is 0 Å². The molecule has 0 saturated carbocycles. The number of nitrogens with one attached hydrogen (secondary N) is 2. The van der Waals surface area contributed by atoms with Crippen molar-refractivity contribution in [2.75, 3.05) is 19.6 Å². The first kappa shape index (κ1) is 17.0. The van der Waals surface area contributed by atoms with E-state index in [-0.39, 0.29) is 11.9 Å². The van der Waals surface area contributed by atoms with Crippen LogP contribution in [0.5, 0.6) is 0 Å². The zero-order chi connectivity index (χ0) is 15.8. The molecule has 1 fully saturated rings. The van der Waals surface area contributed by atoms with Gasteiger partial charge < -0.3 is 10.6 Å². The van der Waals surface area contributed by atoms with Gasteiger partial charge in [0.15, 0.2) is 0 Å². The van der Waals surface area contributed by atoms with Crippen LogP contribution in [0.4, 0.5) is 0 Å². The Bertz CT molecular complexity index is 465. The number of amides is 1. The van der Waals surface area contributed by atoms with Gasteiger partial charge in [-0.3, -0.25) is 9.69 Å². The molecule has 1 heterocycles. The van der Waals surface area contributed by atoms with Crippen LogP contribution >= 0.6 is 0 Å². The van der Waals surface area contributed by atoms with Gasteiger partial charge in [-0.25, -0.2) is 0 Å². The zero-order valence-electron chi connectivity index (χ0n) is 13.9. The summed E-state index contributed by atoms with van der Waals surface area (Å²) in [7, 11) is 0. The largest absolute Gasteiger partial charge is 0.351 e. The van der Waals surface area contributed by atoms with Crippen LogP contribution in [0, 0.1) is 0 Å². The fourth-order valence-corrected chi connectivity index (χ4v) is 2.95. The molecular formula is C18H29N3O. The number of carbonyl (C=O) groups is 1. The maximum absolute atomic E-state index is 12.2. The van der Waals surface area contributed by atoms with Crippen LogP contribution < -0.4 is 10.6 Å². The third kappa shape index (κ3) is 4.82. The molecule has 1 aromatic carbocycles. The number of hydrogen-bond acceptors (Lipinski definition) is 3. The molecule has 1 aliphatic rings. The molecule has 2 rings (SSSR count). The normalized spacial score (nSPS) is 18.4. The van der Waals surface area contributed by atoms with Crippen molar-refractivity contribution >= 4 is 5.91 Å². The second-order valence-corrected chi connectivity index (χ2v) is 5.95. The van der Waals surface area contributed by atoms with Gasteiger partial charge in [0.25, 0.3) is 0 Å². The zero-order valence-corrected chi connectivity index (χ0v) is 13.9. The summed E-state index contributed by atoms with van der Waals surface area (Å²) in [6.07, 6.45) is 3.27. The Hall–Kier alpha value is -1.39. The molecule has 4 heteroatoms. The Morgan fingerprint density at radius 2 is 1.95 bits per heavy atom. The minimum Gasteiger partial charge on any atom is -0.351 e. The van der Waals surface area contributed by atoms with Crippen molar-refractivity contribution < 1.29 is 4.79 Å². The van der Waals surface area contributed by atoms with Crippen LogP contribution in [0.1, 0.15) is 44.2 Å². The summed E-state index contributed by atoms with van der Waals surface area (Å²) in [6.45, 7) is 8.98. The first-order chi connectivity index (χ1) is 10.7. The predicted octanol–water partition coefficient (Wildman–Crippen LogP) is 2.29. The summed E-state index contributed by atoms with van der Waals surface area (Å²) in [6, 6.07) is 8.40. The smallest absolute Gasteiger partial charge is 0.237 e. The number of hydrogen-bond donors (Lipinski definition) is 2. The van der Waals surface area contributed by atoms with Crippen LogP contribution in [0.15, 0.2) is 24.3 Å². The molecule has 1 amide bonds. The molecular weight excluding hydrogens is 274 g/mol. The highest BCUT2D eigenvalue weighted by Gasteiger charge is 2.20. The molecule has 4 nitrogen and oxygen atoms in total. The molecule has 0 unspecified atom stereocenters. The van der Waals surface area contributed by atoms with Gasteiger partial charge in [-0.2, -0.15) is 0 Å². The van der Waals surface area contributed by atoms with Gasteiger partial charge in [0.2, 0.25) is 5.91 Å². The van der Waals surface area contributed by atoms with Gasteiger partial charge in [0, 0.05) is 13.1 Å². The number of carbonyl (C=O) groups excluding carboxylic acids is 1. The summed E-state index contributed by atoms with van der Waals surface area (Å²) in [4.78, 5) is 14.6. The van der Waals surface area contributed by atoms with Gasteiger partial charge >= 0.3 is 0 Å². The van der Waals surface area contributed by atoms with Crippen molar-refractivity contribution in [1.82, 2.24) is 15.5 Å². The molecule has 0 bridgehead atoms. The molecule has 0 radical (unpaired) electrons. The van der Waals surface area contributed by atoms with E-state index >= 15 is 0 Å². The first-order valence-electron chi connectivity index (χ1n) is 8.54. The molecule has 0 spiro atoms.